The summed E-state index contributed by atoms with van der Waals surface area (Å²) in [6.45, 7) is 5.40. The van der Waals surface area contributed by atoms with Gasteiger partial charge in [0.1, 0.15) is 23.9 Å². The van der Waals surface area contributed by atoms with Crippen molar-refractivity contribution in [1.82, 2.24) is 0 Å². The fraction of sp³-hybridized carbons (Fsp3) is 0.269. The molecule has 160 valence electrons. The van der Waals surface area contributed by atoms with Crippen LogP contribution >= 0.6 is 0 Å². The average Bonchev–Trinajstić information content (AvgIpc) is 2.73. The highest BCUT2D eigenvalue weighted by molar-refractivity contribution is 5.69. The highest BCUT2D eigenvalue weighted by Crippen LogP contribution is 2.36. The number of benzene rings is 3. The summed E-state index contributed by atoms with van der Waals surface area (Å²) in [7, 11) is 0. The number of rotatable bonds is 8. The van der Waals surface area contributed by atoms with E-state index in [1.807, 2.05) is 80.6 Å². The van der Waals surface area contributed by atoms with E-state index in [9.17, 15) is 9.90 Å². The minimum Gasteiger partial charge on any atom is -0.489 e. The van der Waals surface area contributed by atoms with E-state index < -0.39 is 11.4 Å². The summed E-state index contributed by atoms with van der Waals surface area (Å²) < 4.78 is 17.2. The van der Waals surface area contributed by atoms with E-state index >= 15 is 0 Å². The van der Waals surface area contributed by atoms with Gasteiger partial charge in [-0.1, -0.05) is 42.5 Å². The lowest BCUT2D eigenvalue weighted by atomic mass is 9.76. The maximum absolute atomic E-state index is 11.2. The molecule has 3 aromatic carbocycles. The highest BCUT2D eigenvalue weighted by atomic mass is 16.5. The first-order chi connectivity index (χ1) is 14.9. The first kappa shape index (κ1) is 20.9. The van der Waals surface area contributed by atoms with Crippen molar-refractivity contribution in [2.45, 2.75) is 32.3 Å². The number of hydrogen-bond donors (Lipinski definition) is 1. The van der Waals surface area contributed by atoms with Crippen molar-refractivity contribution >= 4 is 5.97 Å². The minimum atomic E-state index is -0.811. The quantitative estimate of drug-likeness (QED) is 0.529. The topological polar surface area (TPSA) is 65.0 Å². The smallest absolute Gasteiger partial charge is 0.304 e. The van der Waals surface area contributed by atoms with Gasteiger partial charge in [-0.2, -0.15) is 0 Å². The molecule has 3 aromatic rings. The Bertz CT molecular complexity index is 1030. The molecule has 1 N–H and O–H groups in total. The molecule has 0 bridgehead atoms. The van der Waals surface area contributed by atoms with Crippen LogP contribution in [0.25, 0.3) is 0 Å². The van der Waals surface area contributed by atoms with E-state index in [1.54, 1.807) is 0 Å². The molecule has 5 heteroatoms. The normalized spacial score (nSPS) is 14.5. The number of carbonyl (C=O) groups is 1. The SMILES string of the molecule is Cc1cccc(C)c1Oc1ccc(COc2ccc(C3(CC(=O)O)COC3)cc2)cc1. The third-order valence-electron chi connectivity index (χ3n) is 5.67. The maximum Gasteiger partial charge on any atom is 0.304 e. The van der Waals surface area contributed by atoms with Crippen LogP contribution in [0.5, 0.6) is 17.2 Å². The molecule has 1 saturated heterocycles. The van der Waals surface area contributed by atoms with Crippen molar-refractivity contribution in [1.29, 1.82) is 0 Å². The lowest BCUT2D eigenvalue weighted by Gasteiger charge is -2.40. The average molecular weight is 418 g/mol. The molecule has 0 saturated carbocycles. The van der Waals surface area contributed by atoms with Crippen LogP contribution in [0.15, 0.2) is 66.7 Å². The molecule has 1 fully saturated rings. The van der Waals surface area contributed by atoms with Crippen LogP contribution in [-0.4, -0.2) is 24.3 Å². The van der Waals surface area contributed by atoms with Gasteiger partial charge in [0.2, 0.25) is 0 Å². The Kier molecular flexibility index (Phi) is 5.96. The third kappa shape index (κ3) is 4.72. The molecule has 5 nitrogen and oxygen atoms in total. The first-order valence-electron chi connectivity index (χ1n) is 10.3. The summed E-state index contributed by atoms with van der Waals surface area (Å²) >= 11 is 0. The van der Waals surface area contributed by atoms with Gasteiger partial charge in [0.15, 0.2) is 0 Å². The predicted molar refractivity (Wildman–Crippen MR) is 118 cm³/mol. The van der Waals surface area contributed by atoms with E-state index in [4.69, 9.17) is 14.2 Å². The molecule has 1 aliphatic rings. The summed E-state index contributed by atoms with van der Waals surface area (Å²) in [4.78, 5) is 11.2. The van der Waals surface area contributed by atoms with Crippen molar-refractivity contribution in [2.24, 2.45) is 0 Å². The van der Waals surface area contributed by atoms with Gasteiger partial charge in [0.05, 0.1) is 25.0 Å². The van der Waals surface area contributed by atoms with Crippen molar-refractivity contribution in [3.05, 3.63) is 89.0 Å². The number of aliphatic carboxylic acids is 1. The number of ether oxygens (including phenoxy) is 3. The fourth-order valence-corrected chi connectivity index (χ4v) is 3.81. The molecule has 0 spiro atoms. The molecular weight excluding hydrogens is 392 g/mol. The van der Waals surface area contributed by atoms with Crippen LogP contribution in [0.1, 0.15) is 28.7 Å². The van der Waals surface area contributed by atoms with E-state index in [-0.39, 0.29) is 6.42 Å². The Morgan fingerprint density at radius 1 is 0.935 bits per heavy atom. The van der Waals surface area contributed by atoms with Crippen LogP contribution in [0, 0.1) is 13.8 Å². The van der Waals surface area contributed by atoms with Crippen molar-refractivity contribution in [3.63, 3.8) is 0 Å². The maximum atomic E-state index is 11.2. The van der Waals surface area contributed by atoms with Gasteiger partial charge in [0.25, 0.3) is 0 Å². The van der Waals surface area contributed by atoms with Crippen molar-refractivity contribution in [3.8, 4) is 17.2 Å². The molecule has 4 rings (SSSR count). The van der Waals surface area contributed by atoms with Crippen LogP contribution in [-0.2, 0) is 21.6 Å². The monoisotopic (exact) mass is 418 g/mol. The minimum absolute atomic E-state index is 0.0731. The van der Waals surface area contributed by atoms with Gasteiger partial charge in [-0.3, -0.25) is 4.79 Å². The van der Waals surface area contributed by atoms with E-state index in [2.05, 4.69) is 0 Å². The molecule has 0 atom stereocenters. The number of aryl methyl sites for hydroxylation is 2. The summed E-state index contributed by atoms with van der Waals surface area (Å²) in [6.07, 6.45) is 0.0731. The molecular formula is C26H26O5. The van der Waals surface area contributed by atoms with Crippen LogP contribution in [0.2, 0.25) is 0 Å². The summed E-state index contributed by atoms with van der Waals surface area (Å²) in [6, 6.07) is 21.6. The number of carboxylic acids is 1. The van der Waals surface area contributed by atoms with Crippen molar-refractivity contribution < 1.29 is 24.1 Å². The molecule has 0 aromatic heterocycles. The Morgan fingerprint density at radius 2 is 1.55 bits per heavy atom. The zero-order valence-corrected chi connectivity index (χ0v) is 17.8. The largest absolute Gasteiger partial charge is 0.489 e. The second-order valence-electron chi connectivity index (χ2n) is 8.12. The lowest BCUT2D eigenvalue weighted by Crippen LogP contribution is -2.48. The zero-order chi connectivity index (χ0) is 21.8. The van der Waals surface area contributed by atoms with Gasteiger partial charge in [-0.25, -0.2) is 0 Å². The molecule has 0 unspecified atom stereocenters. The fourth-order valence-electron chi connectivity index (χ4n) is 3.81. The number of hydrogen-bond acceptors (Lipinski definition) is 4. The standard InChI is InChI=1S/C26H26O5/c1-18-4-3-5-19(2)25(18)31-23-10-6-20(7-11-23)15-30-22-12-8-21(9-13-22)26(14-24(27)28)16-29-17-26/h3-13H,14-17H2,1-2H3,(H,27,28). The molecule has 1 heterocycles. The van der Waals surface area contributed by atoms with Crippen molar-refractivity contribution in [2.75, 3.05) is 13.2 Å². The van der Waals surface area contributed by atoms with Gasteiger partial charge in [-0.05, 0) is 60.4 Å². The number of carboxylic acid groups (broad SMARTS) is 1. The Hall–Kier alpha value is -3.31. The Morgan fingerprint density at radius 3 is 2.10 bits per heavy atom. The van der Waals surface area contributed by atoms with Crippen LogP contribution in [0.4, 0.5) is 0 Å². The first-order valence-corrected chi connectivity index (χ1v) is 10.3. The van der Waals surface area contributed by atoms with E-state index in [1.165, 1.54) is 0 Å². The zero-order valence-electron chi connectivity index (χ0n) is 17.8. The molecule has 1 aliphatic heterocycles. The number of para-hydroxylation sites is 1. The van der Waals surface area contributed by atoms with Gasteiger partial charge < -0.3 is 19.3 Å². The summed E-state index contributed by atoms with van der Waals surface area (Å²) in [5, 5.41) is 9.18. The van der Waals surface area contributed by atoms with E-state index in [0.29, 0.717) is 19.8 Å². The molecule has 0 amide bonds. The van der Waals surface area contributed by atoms with Gasteiger partial charge in [0, 0.05) is 0 Å². The van der Waals surface area contributed by atoms with Gasteiger partial charge >= 0.3 is 5.97 Å². The molecule has 0 radical (unpaired) electrons. The molecule has 0 aliphatic carbocycles. The second kappa shape index (κ2) is 8.82. The second-order valence-corrected chi connectivity index (χ2v) is 8.12. The highest BCUT2D eigenvalue weighted by Gasteiger charge is 2.42. The van der Waals surface area contributed by atoms with E-state index in [0.717, 1.165) is 39.5 Å². The Labute approximate surface area is 182 Å². The van der Waals surface area contributed by atoms with Gasteiger partial charge in [-0.15, -0.1) is 0 Å². The van der Waals surface area contributed by atoms with Crippen LogP contribution < -0.4 is 9.47 Å². The lowest BCUT2D eigenvalue weighted by molar-refractivity contribution is -0.145. The molecule has 31 heavy (non-hydrogen) atoms. The Balaban J connectivity index is 1.36. The predicted octanol–water partition coefficient (Wildman–Crippen LogP) is 5.42. The summed E-state index contributed by atoms with van der Waals surface area (Å²) in [5.74, 6) is 1.61. The summed E-state index contributed by atoms with van der Waals surface area (Å²) in [5.41, 5.74) is 3.80. The third-order valence-corrected chi connectivity index (χ3v) is 5.67. The van der Waals surface area contributed by atoms with Crippen LogP contribution in [0.3, 0.4) is 0 Å².